The van der Waals surface area contributed by atoms with Gasteiger partial charge >= 0.3 is 5.97 Å². The minimum atomic E-state index is -0.453. The molecule has 0 spiro atoms. The maximum absolute atomic E-state index is 13.0. The number of benzene rings is 1. The zero-order valence-electron chi connectivity index (χ0n) is 15.1. The Balaban J connectivity index is 1.60. The molecule has 1 amide bonds. The number of H-pyrrole nitrogens is 1. The van der Waals surface area contributed by atoms with E-state index in [4.69, 9.17) is 4.74 Å². The molecule has 1 fully saturated rings. The van der Waals surface area contributed by atoms with Crippen LogP contribution < -0.4 is 0 Å². The Morgan fingerprint density at radius 3 is 2.81 bits per heavy atom. The summed E-state index contributed by atoms with van der Waals surface area (Å²) in [6, 6.07) is 13.6. The van der Waals surface area contributed by atoms with E-state index in [0.717, 1.165) is 19.4 Å². The number of piperidine rings is 1. The number of aromatic amines is 1. The van der Waals surface area contributed by atoms with Crippen molar-refractivity contribution in [2.45, 2.75) is 18.8 Å². The predicted octanol–water partition coefficient (Wildman–Crippen LogP) is 3.37. The van der Waals surface area contributed by atoms with Crippen molar-refractivity contribution in [3.05, 3.63) is 65.5 Å². The summed E-state index contributed by atoms with van der Waals surface area (Å²) in [5, 5.41) is 0. The zero-order chi connectivity index (χ0) is 18.8. The molecule has 27 heavy (non-hydrogen) atoms. The normalized spacial score (nSPS) is 17.1. The summed E-state index contributed by atoms with van der Waals surface area (Å²) < 4.78 is 4.81. The molecule has 0 saturated carbocycles. The highest BCUT2D eigenvalue weighted by Crippen LogP contribution is 2.28. The number of pyridine rings is 1. The lowest BCUT2D eigenvalue weighted by molar-refractivity contribution is 0.0601. The van der Waals surface area contributed by atoms with E-state index in [9.17, 15) is 9.59 Å². The summed E-state index contributed by atoms with van der Waals surface area (Å²) in [6.07, 6.45) is 3.59. The zero-order valence-corrected chi connectivity index (χ0v) is 15.1. The van der Waals surface area contributed by atoms with E-state index in [1.54, 1.807) is 18.3 Å². The number of likely N-dealkylation sites (tertiary alicyclic amines) is 1. The molecule has 1 unspecified atom stereocenters. The molecule has 138 valence electrons. The van der Waals surface area contributed by atoms with Gasteiger partial charge in [-0.3, -0.25) is 9.78 Å². The summed E-state index contributed by atoms with van der Waals surface area (Å²) in [4.78, 5) is 34.2. The number of carbonyl (C=O) groups excluding carboxylic acids is 2. The van der Waals surface area contributed by atoms with Crippen LogP contribution in [0.2, 0.25) is 0 Å². The average Bonchev–Trinajstić information content (AvgIpc) is 3.17. The molecule has 1 aliphatic heterocycles. The Kier molecular flexibility index (Phi) is 4.62. The second kappa shape index (κ2) is 7.23. The van der Waals surface area contributed by atoms with Gasteiger partial charge in [0, 0.05) is 25.2 Å². The largest absolute Gasteiger partial charge is 0.465 e. The number of amides is 1. The Morgan fingerprint density at radius 2 is 2.04 bits per heavy atom. The molecule has 3 aromatic rings. The van der Waals surface area contributed by atoms with E-state index in [2.05, 4.69) is 22.1 Å². The summed E-state index contributed by atoms with van der Waals surface area (Å²) in [7, 11) is 1.33. The number of hydrogen-bond acceptors (Lipinski definition) is 4. The van der Waals surface area contributed by atoms with Gasteiger partial charge in [0.05, 0.1) is 23.7 Å². The van der Waals surface area contributed by atoms with Crippen molar-refractivity contribution in [3.8, 4) is 0 Å². The van der Waals surface area contributed by atoms with Crippen LogP contribution in [0.3, 0.4) is 0 Å². The van der Waals surface area contributed by atoms with Gasteiger partial charge < -0.3 is 14.6 Å². The fraction of sp³-hybridized carbons (Fsp3) is 0.286. The van der Waals surface area contributed by atoms with Crippen LogP contribution in [0.1, 0.15) is 45.2 Å². The number of carbonyl (C=O) groups is 2. The van der Waals surface area contributed by atoms with Gasteiger partial charge in [-0.1, -0.05) is 30.3 Å². The SMILES string of the molecule is COC(=O)c1ccnc2cc(C(=O)N3CCCC(c4ccccc4)C3)[nH]c12. The number of fused-ring (bicyclic) bond motifs is 1. The molecule has 1 saturated heterocycles. The number of esters is 1. The van der Waals surface area contributed by atoms with Gasteiger partial charge in [-0.05, 0) is 30.5 Å². The minimum absolute atomic E-state index is 0.0653. The second-order valence-electron chi connectivity index (χ2n) is 6.79. The van der Waals surface area contributed by atoms with Crippen molar-refractivity contribution >= 4 is 22.9 Å². The first-order valence-electron chi connectivity index (χ1n) is 9.07. The number of ether oxygens (including phenoxy) is 1. The molecule has 0 aliphatic carbocycles. The predicted molar refractivity (Wildman–Crippen MR) is 102 cm³/mol. The lowest BCUT2D eigenvalue weighted by Crippen LogP contribution is -2.39. The van der Waals surface area contributed by atoms with E-state index in [1.165, 1.54) is 12.7 Å². The highest BCUT2D eigenvalue weighted by Gasteiger charge is 2.27. The van der Waals surface area contributed by atoms with Crippen molar-refractivity contribution in [1.29, 1.82) is 0 Å². The van der Waals surface area contributed by atoms with E-state index < -0.39 is 5.97 Å². The van der Waals surface area contributed by atoms with E-state index in [-0.39, 0.29) is 5.91 Å². The van der Waals surface area contributed by atoms with Crippen molar-refractivity contribution < 1.29 is 14.3 Å². The Morgan fingerprint density at radius 1 is 1.22 bits per heavy atom. The van der Waals surface area contributed by atoms with Gasteiger partial charge in [-0.25, -0.2) is 4.79 Å². The monoisotopic (exact) mass is 363 g/mol. The summed E-state index contributed by atoms with van der Waals surface area (Å²) in [5.74, 6) is -0.174. The molecule has 4 rings (SSSR count). The number of rotatable bonds is 3. The van der Waals surface area contributed by atoms with Crippen molar-refractivity contribution in [2.24, 2.45) is 0 Å². The first-order valence-corrected chi connectivity index (χ1v) is 9.07. The van der Waals surface area contributed by atoms with Crippen LogP contribution in [-0.2, 0) is 4.74 Å². The molecule has 0 bridgehead atoms. The van der Waals surface area contributed by atoms with E-state index in [1.807, 2.05) is 23.1 Å². The van der Waals surface area contributed by atoms with Crippen LogP contribution >= 0.6 is 0 Å². The molecule has 1 N–H and O–H groups in total. The van der Waals surface area contributed by atoms with Crippen molar-refractivity contribution in [1.82, 2.24) is 14.9 Å². The van der Waals surface area contributed by atoms with Crippen LogP contribution in [0.15, 0.2) is 48.7 Å². The quantitative estimate of drug-likeness (QED) is 0.724. The van der Waals surface area contributed by atoms with Crippen molar-refractivity contribution in [3.63, 3.8) is 0 Å². The molecule has 1 aromatic carbocycles. The number of methoxy groups -OCH3 is 1. The first kappa shape index (κ1) is 17.3. The summed E-state index contributed by atoms with van der Waals surface area (Å²) in [6.45, 7) is 1.42. The maximum Gasteiger partial charge on any atom is 0.340 e. The molecular formula is C21H21N3O3. The molecule has 6 nitrogen and oxygen atoms in total. The lowest BCUT2D eigenvalue weighted by atomic mass is 9.90. The molecule has 2 aromatic heterocycles. The van der Waals surface area contributed by atoms with Gasteiger partial charge in [0.1, 0.15) is 5.69 Å². The van der Waals surface area contributed by atoms with Crippen molar-refractivity contribution in [2.75, 3.05) is 20.2 Å². The van der Waals surface area contributed by atoms with Crippen LogP contribution in [0.4, 0.5) is 0 Å². The third kappa shape index (κ3) is 3.30. The fourth-order valence-electron chi connectivity index (χ4n) is 3.75. The number of nitrogens with zero attached hydrogens (tertiary/aromatic N) is 2. The van der Waals surface area contributed by atoms with Gasteiger partial charge in [0.25, 0.3) is 5.91 Å². The fourth-order valence-corrected chi connectivity index (χ4v) is 3.75. The number of nitrogens with one attached hydrogen (secondary N) is 1. The molecule has 3 heterocycles. The average molecular weight is 363 g/mol. The Bertz CT molecular complexity index is 981. The smallest absolute Gasteiger partial charge is 0.340 e. The third-order valence-corrected chi connectivity index (χ3v) is 5.14. The van der Waals surface area contributed by atoms with Gasteiger partial charge in [-0.2, -0.15) is 0 Å². The standard InChI is InChI=1S/C21H21N3O3/c1-27-21(26)16-9-10-22-17-12-18(23-19(16)17)20(25)24-11-5-8-15(13-24)14-6-3-2-4-7-14/h2-4,6-7,9-10,12,15,23H,5,8,11,13H2,1H3. The Labute approximate surface area is 157 Å². The summed E-state index contributed by atoms with van der Waals surface area (Å²) >= 11 is 0. The molecule has 1 aliphatic rings. The molecule has 1 atom stereocenters. The third-order valence-electron chi connectivity index (χ3n) is 5.14. The lowest BCUT2D eigenvalue weighted by Gasteiger charge is -2.32. The number of aromatic nitrogens is 2. The van der Waals surface area contributed by atoms with Crippen LogP contribution in [0, 0.1) is 0 Å². The van der Waals surface area contributed by atoms with Gasteiger partial charge in [0.15, 0.2) is 0 Å². The van der Waals surface area contributed by atoms with Gasteiger partial charge in [0.2, 0.25) is 0 Å². The summed E-state index contributed by atoms with van der Waals surface area (Å²) in [5.41, 5.74) is 3.20. The second-order valence-corrected chi connectivity index (χ2v) is 6.79. The highest BCUT2D eigenvalue weighted by atomic mass is 16.5. The Hall–Kier alpha value is -3.15. The topological polar surface area (TPSA) is 75.3 Å². The molecular weight excluding hydrogens is 342 g/mol. The van der Waals surface area contributed by atoms with Crippen LogP contribution in [0.5, 0.6) is 0 Å². The number of hydrogen-bond donors (Lipinski definition) is 1. The maximum atomic E-state index is 13.0. The van der Waals surface area contributed by atoms with Crippen LogP contribution in [-0.4, -0.2) is 46.9 Å². The van der Waals surface area contributed by atoms with Gasteiger partial charge in [-0.15, -0.1) is 0 Å². The minimum Gasteiger partial charge on any atom is -0.465 e. The molecule has 6 heteroatoms. The highest BCUT2D eigenvalue weighted by molar-refractivity contribution is 6.05. The van der Waals surface area contributed by atoms with Crippen LogP contribution in [0.25, 0.3) is 11.0 Å². The van der Waals surface area contributed by atoms with E-state index >= 15 is 0 Å². The first-order chi connectivity index (χ1) is 13.2. The molecule has 0 radical (unpaired) electrons. The van der Waals surface area contributed by atoms with E-state index in [0.29, 0.717) is 34.8 Å².